The first kappa shape index (κ1) is 21.0. The van der Waals surface area contributed by atoms with Crippen molar-refractivity contribution in [1.29, 1.82) is 0 Å². The Labute approximate surface area is 162 Å². The van der Waals surface area contributed by atoms with E-state index in [0.29, 0.717) is 17.9 Å². The standard InChI is InChI=1S/C20H24N2O6/c1-13(2)9-14(20(25)26)11-21-18(23)12-28-16-6-3-5-15(10-16)22-19(24)17-7-4-8-27-17/h3-8,10,13-14H,9,11-12H2,1-2H3,(H,21,23)(H,22,24)(H,25,26). The molecule has 0 saturated heterocycles. The molecule has 28 heavy (non-hydrogen) atoms. The van der Waals surface area contributed by atoms with Crippen LogP contribution in [0.2, 0.25) is 0 Å². The van der Waals surface area contributed by atoms with E-state index in [1.54, 1.807) is 36.4 Å². The molecule has 8 heteroatoms. The normalized spacial score (nSPS) is 11.7. The minimum atomic E-state index is -0.935. The number of carbonyl (C=O) groups excluding carboxylic acids is 2. The van der Waals surface area contributed by atoms with Gasteiger partial charge >= 0.3 is 5.97 Å². The molecule has 0 spiro atoms. The number of nitrogens with one attached hydrogen (secondary N) is 2. The lowest BCUT2D eigenvalue weighted by atomic mass is 9.97. The van der Waals surface area contributed by atoms with E-state index < -0.39 is 23.7 Å². The maximum absolute atomic E-state index is 12.0. The van der Waals surface area contributed by atoms with Gasteiger partial charge in [-0.1, -0.05) is 19.9 Å². The third kappa shape index (κ3) is 6.79. The Morgan fingerprint density at radius 1 is 1.18 bits per heavy atom. The summed E-state index contributed by atoms with van der Waals surface area (Å²) in [6.45, 7) is 3.65. The summed E-state index contributed by atoms with van der Waals surface area (Å²) in [6.07, 6.45) is 1.89. The van der Waals surface area contributed by atoms with Crippen LogP contribution in [0.4, 0.5) is 5.69 Å². The molecule has 2 aromatic rings. The van der Waals surface area contributed by atoms with Gasteiger partial charge in [0.15, 0.2) is 12.4 Å². The minimum Gasteiger partial charge on any atom is -0.484 e. The van der Waals surface area contributed by atoms with Crippen LogP contribution < -0.4 is 15.4 Å². The molecular formula is C20H24N2O6. The van der Waals surface area contributed by atoms with Crippen LogP contribution in [0, 0.1) is 11.8 Å². The number of amides is 2. The lowest BCUT2D eigenvalue weighted by Gasteiger charge is -2.15. The van der Waals surface area contributed by atoms with Crippen LogP contribution in [-0.2, 0) is 9.59 Å². The highest BCUT2D eigenvalue weighted by Crippen LogP contribution is 2.18. The van der Waals surface area contributed by atoms with Crippen LogP contribution in [0.5, 0.6) is 5.75 Å². The van der Waals surface area contributed by atoms with Crippen molar-refractivity contribution in [3.63, 3.8) is 0 Å². The number of carboxylic acids is 1. The number of benzene rings is 1. The Morgan fingerprint density at radius 3 is 2.61 bits per heavy atom. The van der Waals surface area contributed by atoms with Crippen molar-refractivity contribution in [2.45, 2.75) is 20.3 Å². The van der Waals surface area contributed by atoms with Gasteiger partial charge in [0.1, 0.15) is 5.75 Å². The second kappa shape index (κ2) is 10.1. The van der Waals surface area contributed by atoms with E-state index in [0.717, 1.165) is 0 Å². The molecule has 1 aromatic carbocycles. The van der Waals surface area contributed by atoms with E-state index in [1.165, 1.54) is 6.26 Å². The quantitative estimate of drug-likeness (QED) is 0.576. The fourth-order valence-corrected chi connectivity index (χ4v) is 2.54. The highest BCUT2D eigenvalue weighted by Gasteiger charge is 2.19. The number of furan rings is 1. The molecular weight excluding hydrogens is 364 g/mol. The number of rotatable bonds is 10. The zero-order valence-corrected chi connectivity index (χ0v) is 15.8. The first-order valence-electron chi connectivity index (χ1n) is 8.92. The van der Waals surface area contributed by atoms with Gasteiger partial charge in [0.2, 0.25) is 0 Å². The van der Waals surface area contributed by atoms with Crippen molar-refractivity contribution in [2.24, 2.45) is 11.8 Å². The molecule has 0 aliphatic carbocycles. The molecule has 0 aliphatic rings. The minimum absolute atomic E-state index is 0.0505. The Morgan fingerprint density at radius 2 is 1.96 bits per heavy atom. The molecule has 1 aromatic heterocycles. The lowest BCUT2D eigenvalue weighted by Crippen LogP contribution is -2.36. The summed E-state index contributed by atoms with van der Waals surface area (Å²) in [7, 11) is 0. The summed E-state index contributed by atoms with van der Waals surface area (Å²) in [4.78, 5) is 35.1. The van der Waals surface area contributed by atoms with Crippen LogP contribution in [-0.4, -0.2) is 36.0 Å². The van der Waals surface area contributed by atoms with E-state index in [4.69, 9.17) is 9.15 Å². The van der Waals surface area contributed by atoms with Crippen LogP contribution in [0.1, 0.15) is 30.8 Å². The van der Waals surface area contributed by atoms with Crippen LogP contribution in [0.3, 0.4) is 0 Å². The zero-order chi connectivity index (χ0) is 20.5. The predicted molar refractivity (Wildman–Crippen MR) is 102 cm³/mol. The van der Waals surface area contributed by atoms with Gasteiger partial charge in [0.25, 0.3) is 11.8 Å². The molecule has 3 N–H and O–H groups in total. The molecule has 0 saturated carbocycles. The van der Waals surface area contributed by atoms with Crippen molar-refractivity contribution in [3.8, 4) is 5.75 Å². The van der Waals surface area contributed by atoms with Crippen molar-refractivity contribution >= 4 is 23.5 Å². The van der Waals surface area contributed by atoms with Gasteiger partial charge in [-0.05, 0) is 36.6 Å². The number of aliphatic carboxylic acids is 1. The summed E-state index contributed by atoms with van der Waals surface area (Å²) in [6, 6.07) is 9.74. The molecule has 0 radical (unpaired) electrons. The number of carbonyl (C=O) groups is 3. The third-order valence-electron chi connectivity index (χ3n) is 3.86. The predicted octanol–water partition coefficient (Wildman–Crippen LogP) is 2.77. The maximum Gasteiger partial charge on any atom is 0.308 e. The molecule has 8 nitrogen and oxygen atoms in total. The molecule has 1 heterocycles. The van der Waals surface area contributed by atoms with E-state index in [1.807, 2.05) is 13.8 Å². The van der Waals surface area contributed by atoms with Crippen LogP contribution in [0.15, 0.2) is 47.1 Å². The first-order chi connectivity index (χ1) is 13.3. The average Bonchev–Trinajstić information content (AvgIpc) is 3.18. The number of ether oxygens (including phenoxy) is 1. The fourth-order valence-electron chi connectivity index (χ4n) is 2.54. The summed E-state index contributed by atoms with van der Waals surface area (Å²) >= 11 is 0. The van der Waals surface area contributed by atoms with E-state index in [9.17, 15) is 19.5 Å². The molecule has 2 amide bonds. The highest BCUT2D eigenvalue weighted by atomic mass is 16.5. The summed E-state index contributed by atoms with van der Waals surface area (Å²) in [5.74, 6) is -1.60. The van der Waals surface area contributed by atoms with Crippen LogP contribution >= 0.6 is 0 Å². The molecule has 2 rings (SSSR count). The molecule has 1 atom stereocenters. The Bertz CT molecular complexity index is 801. The fraction of sp³-hybridized carbons (Fsp3) is 0.350. The van der Waals surface area contributed by atoms with E-state index in [-0.39, 0.29) is 24.8 Å². The van der Waals surface area contributed by atoms with Gasteiger partial charge in [-0.15, -0.1) is 0 Å². The van der Waals surface area contributed by atoms with Crippen molar-refractivity contribution < 1.29 is 28.6 Å². The van der Waals surface area contributed by atoms with Gasteiger partial charge in [-0.3, -0.25) is 14.4 Å². The SMILES string of the molecule is CC(C)CC(CNC(=O)COc1cccc(NC(=O)c2ccco2)c1)C(=O)O. The topological polar surface area (TPSA) is 118 Å². The highest BCUT2D eigenvalue weighted by molar-refractivity contribution is 6.02. The smallest absolute Gasteiger partial charge is 0.308 e. The van der Waals surface area contributed by atoms with E-state index in [2.05, 4.69) is 10.6 Å². The van der Waals surface area contributed by atoms with Gasteiger partial charge in [-0.2, -0.15) is 0 Å². The Hall–Kier alpha value is -3.29. The second-order valence-corrected chi connectivity index (χ2v) is 6.72. The van der Waals surface area contributed by atoms with Crippen molar-refractivity contribution in [3.05, 3.63) is 48.4 Å². The molecule has 150 valence electrons. The number of anilines is 1. The molecule has 0 fully saturated rings. The van der Waals surface area contributed by atoms with Crippen molar-refractivity contribution in [2.75, 3.05) is 18.5 Å². The first-order valence-corrected chi connectivity index (χ1v) is 8.92. The Kier molecular flexibility index (Phi) is 7.62. The average molecular weight is 388 g/mol. The molecule has 1 unspecified atom stereocenters. The monoisotopic (exact) mass is 388 g/mol. The summed E-state index contributed by atoms with van der Waals surface area (Å²) in [5, 5.41) is 14.4. The molecule has 0 aliphatic heterocycles. The summed E-state index contributed by atoms with van der Waals surface area (Å²) in [5.41, 5.74) is 0.488. The van der Waals surface area contributed by atoms with Crippen molar-refractivity contribution in [1.82, 2.24) is 5.32 Å². The second-order valence-electron chi connectivity index (χ2n) is 6.72. The molecule has 0 bridgehead atoms. The number of hydrogen-bond acceptors (Lipinski definition) is 5. The summed E-state index contributed by atoms with van der Waals surface area (Å²) < 4.78 is 10.4. The Balaban J connectivity index is 1.82. The maximum atomic E-state index is 12.0. The lowest BCUT2D eigenvalue weighted by molar-refractivity contribution is -0.142. The van der Waals surface area contributed by atoms with Gasteiger partial charge in [0.05, 0.1) is 12.2 Å². The van der Waals surface area contributed by atoms with E-state index >= 15 is 0 Å². The number of hydrogen-bond donors (Lipinski definition) is 3. The van der Waals surface area contributed by atoms with Crippen LogP contribution in [0.25, 0.3) is 0 Å². The zero-order valence-electron chi connectivity index (χ0n) is 15.8. The van der Waals surface area contributed by atoms with Gasteiger partial charge < -0.3 is 24.9 Å². The van der Waals surface area contributed by atoms with Gasteiger partial charge in [0, 0.05) is 18.3 Å². The third-order valence-corrected chi connectivity index (χ3v) is 3.86. The van der Waals surface area contributed by atoms with Gasteiger partial charge in [-0.25, -0.2) is 0 Å². The number of carboxylic acid groups (broad SMARTS) is 1. The largest absolute Gasteiger partial charge is 0.484 e.